The summed E-state index contributed by atoms with van der Waals surface area (Å²) in [5, 5.41) is 0.842. The maximum absolute atomic E-state index is 12.2. The van der Waals surface area contributed by atoms with Gasteiger partial charge in [-0.15, -0.1) is 0 Å². The fraction of sp³-hybridized carbons (Fsp3) is 0.458. The van der Waals surface area contributed by atoms with Crippen molar-refractivity contribution in [2.24, 2.45) is 5.92 Å². The molecule has 30 heavy (non-hydrogen) atoms. The second-order valence-electron chi connectivity index (χ2n) is 7.39. The fourth-order valence-corrected chi connectivity index (χ4v) is 6.59. The van der Waals surface area contributed by atoms with E-state index in [1.54, 1.807) is 7.11 Å². The van der Waals surface area contributed by atoms with Crippen LogP contribution >= 0.6 is 0 Å². The van der Waals surface area contributed by atoms with Gasteiger partial charge in [-0.1, -0.05) is 0 Å². The SMILES string of the molecule is CC[C@H](OCOC)c1ccccc1[Se]C[C@]1(c2ccccc2)C[C@H](C(=O)OC)CO1. The molecule has 0 unspecified atom stereocenters. The van der Waals surface area contributed by atoms with E-state index in [2.05, 4.69) is 43.3 Å². The Labute approximate surface area is 185 Å². The van der Waals surface area contributed by atoms with Crippen molar-refractivity contribution in [1.29, 1.82) is 0 Å². The predicted molar refractivity (Wildman–Crippen MR) is 117 cm³/mol. The second kappa shape index (κ2) is 11.1. The number of benzene rings is 2. The zero-order valence-electron chi connectivity index (χ0n) is 17.8. The molecule has 0 amide bonds. The van der Waals surface area contributed by atoms with E-state index >= 15 is 0 Å². The van der Waals surface area contributed by atoms with Crippen LogP contribution in [0, 0.1) is 5.92 Å². The van der Waals surface area contributed by atoms with Gasteiger partial charge in [-0.2, -0.15) is 0 Å². The molecular weight excluding hydrogens is 447 g/mol. The summed E-state index contributed by atoms with van der Waals surface area (Å²) in [5.74, 6) is -0.422. The molecule has 1 aliphatic heterocycles. The van der Waals surface area contributed by atoms with Crippen molar-refractivity contribution in [1.82, 2.24) is 0 Å². The van der Waals surface area contributed by atoms with Gasteiger partial charge in [0.25, 0.3) is 0 Å². The van der Waals surface area contributed by atoms with Crippen molar-refractivity contribution < 1.29 is 23.7 Å². The van der Waals surface area contributed by atoms with Crippen LogP contribution in [0.4, 0.5) is 0 Å². The number of hydrogen-bond donors (Lipinski definition) is 0. The molecule has 2 aromatic rings. The first-order chi connectivity index (χ1) is 14.6. The first kappa shape index (κ1) is 23.0. The molecule has 5 nitrogen and oxygen atoms in total. The number of methoxy groups -OCH3 is 2. The van der Waals surface area contributed by atoms with Gasteiger partial charge < -0.3 is 0 Å². The van der Waals surface area contributed by atoms with Crippen LogP contribution in [0.1, 0.15) is 37.0 Å². The molecule has 0 aromatic heterocycles. The van der Waals surface area contributed by atoms with Gasteiger partial charge in [-0.25, -0.2) is 0 Å². The van der Waals surface area contributed by atoms with Crippen LogP contribution in [0.2, 0.25) is 5.32 Å². The first-order valence-electron chi connectivity index (χ1n) is 10.2. The van der Waals surface area contributed by atoms with Crippen LogP contribution in [0.15, 0.2) is 54.6 Å². The summed E-state index contributed by atoms with van der Waals surface area (Å²) in [4.78, 5) is 12.2. The van der Waals surface area contributed by atoms with E-state index in [1.807, 2.05) is 18.2 Å². The summed E-state index contributed by atoms with van der Waals surface area (Å²) >= 11 is 0.140. The van der Waals surface area contributed by atoms with Crippen LogP contribution < -0.4 is 4.46 Å². The summed E-state index contributed by atoms with van der Waals surface area (Å²) < 4.78 is 23.6. The molecule has 0 spiro atoms. The van der Waals surface area contributed by atoms with Crippen LogP contribution in [0.3, 0.4) is 0 Å². The molecule has 6 heteroatoms. The van der Waals surface area contributed by atoms with E-state index in [-0.39, 0.29) is 39.7 Å². The summed E-state index contributed by atoms with van der Waals surface area (Å²) in [6.07, 6.45) is 1.52. The van der Waals surface area contributed by atoms with Gasteiger partial charge in [0, 0.05) is 0 Å². The summed E-state index contributed by atoms with van der Waals surface area (Å²) in [7, 11) is 3.08. The van der Waals surface area contributed by atoms with Gasteiger partial charge in [0.15, 0.2) is 0 Å². The molecule has 0 saturated carbocycles. The third-order valence-electron chi connectivity index (χ3n) is 5.46. The number of hydrogen-bond acceptors (Lipinski definition) is 5. The Kier molecular flexibility index (Phi) is 8.49. The monoisotopic (exact) mass is 478 g/mol. The zero-order valence-corrected chi connectivity index (χ0v) is 19.5. The normalized spacial score (nSPS) is 22.0. The van der Waals surface area contributed by atoms with Crippen LogP contribution in [0.5, 0.6) is 0 Å². The average molecular weight is 477 g/mol. The Morgan fingerprint density at radius 2 is 1.90 bits per heavy atom. The Hall–Kier alpha value is -1.69. The van der Waals surface area contributed by atoms with E-state index in [9.17, 15) is 4.79 Å². The fourth-order valence-electron chi connectivity index (χ4n) is 3.87. The van der Waals surface area contributed by atoms with E-state index in [4.69, 9.17) is 18.9 Å². The van der Waals surface area contributed by atoms with Gasteiger partial charge in [-0.3, -0.25) is 0 Å². The minimum absolute atomic E-state index is 0.00279. The van der Waals surface area contributed by atoms with Crippen LogP contribution in [-0.4, -0.2) is 48.5 Å². The average Bonchev–Trinajstić information content (AvgIpc) is 3.25. The third kappa shape index (κ3) is 5.32. The zero-order chi connectivity index (χ0) is 21.4. The van der Waals surface area contributed by atoms with Gasteiger partial charge in [0.2, 0.25) is 0 Å². The van der Waals surface area contributed by atoms with Crippen molar-refractivity contribution in [3.8, 4) is 0 Å². The molecule has 1 saturated heterocycles. The van der Waals surface area contributed by atoms with Gasteiger partial charge in [0.1, 0.15) is 0 Å². The predicted octanol–water partition coefficient (Wildman–Crippen LogP) is 3.61. The van der Waals surface area contributed by atoms with Crippen molar-refractivity contribution >= 4 is 25.4 Å². The summed E-state index contributed by atoms with van der Waals surface area (Å²) in [5.41, 5.74) is 1.86. The number of ether oxygens (including phenoxy) is 4. The molecule has 2 aromatic carbocycles. The Morgan fingerprint density at radius 1 is 1.17 bits per heavy atom. The van der Waals surface area contributed by atoms with Gasteiger partial charge in [-0.05, 0) is 0 Å². The summed E-state index contributed by atoms with van der Waals surface area (Å²) in [6, 6.07) is 18.7. The van der Waals surface area contributed by atoms with Crippen molar-refractivity contribution in [3.05, 3.63) is 65.7 Å². The van der Waals surface area contributed by atoms with Crippen LogP contribution in [0.25, 0.3) is 0 Å². The molecule has 1 fully saturated rings. The molecule has 0 aliphatic carbocycles. The minimum atomic E-state index is -0.470. The quantitative estimate of drug-likeness (QED) is 0.297. The molecule has 162 valence electrons. The summed E-state index contributed by atoms with van der Waals surface area (Å²) in [6.45, 7) is 2.79. The Balaban J connectivity index is 1.83. The van der Waals surface area contributed by atoms with Crippen molar-refractivity contribution in [2.75, 3.05) is 27.6 Å². The topological polar surface area (TPSA) is 54.0 Å². The van der Waals surface area contributed by atoms with E-state index in [0.717, 1.165) is 17.3 Å². The van der Waals surface area contributed by atoms with E-state index < -0.39 is 5.60 Å². The van der Waals surface area contributed by atoms with Gasteiger partial charge in [0.05, 0.1) is 0 Å². The number of esters is 1. The van der Waals surface area contributed by atoms with Crippen molar-refractivity contribution in [3.63, 3.8) is 0 Å². The third-order valence-corrected chi connectivity index (χ3v) is 8.17. The number of carbonyl (C=O) groups is 1. The molecule has 1 aliphatic rings. The number of rotatable bonds is 10. The molecule has 3 atom stereocenters. The number of carbonyl (C=O) groups excluding carboxylic acids is 1. The van der Waals surface area contributed by atoms with E-state index in [0.29, 0.717) is 13.0 Å². The maximum atomic E-state index is 12.2. The first-order valence-corrected chi connectivity index (χ1v) is 12.3. The molecule has 0 N–H and O–H groups in total. The molecule has 1 heterocycles. The van der Waals surface area contributed by atoms with Gasteiger partial charge >= 0.3 is 185 Å². The Morgan fingerprint density at radius 3 is 2.60 bits per heavy atom. The Bertz CT molecular complexity index is 812. The van der Waals surface area contributed by atoms with Crippen LogP contribution in [-0.2, 0) is 29.3 Å². The standard InChI is InChI=1S/C24H30O5Se/c1-4-21(28-17-26-2)20-12-8-9-13-22(20)30-16-24(19-10-6-5-7-11-19)14-18(15-29-24)23(25)27-3/h5-13,18,21H,4,14-17H2,1-3H3/t18-,21-,24-/m0/s1. The molecule has 0 bridgehead atoms. The molecule has 0 radical (unpaired) electrons. The van der Waals surface area contributed by atoms with Crippen molar-refractivity contribution in [2.45, 2.75) is 36.8 Å². The van der Waals surface area contributed by atoms with E-state index in [1.165, 1.54) is 17.1 Å². The molecular formula is C24H30O5Se. The second-order valence-corrected chi connectivity index (χ2v) is 9.53. The molecule has 3 rings (SSSR count).